The maximum atomic E-state index is 11.2. The average molecular weight is 214 g/mol. The van der Waals surface area contributed by atoms with E-state index in [1.807, 2.05) is 44.4 Å². The fraction of sp³-hybridized carbons (Fsp3) is 0.364. The lowest BCUT2D eigenvalue weighted by molar-refractivity contribution is -0.827. The largest absolute Gasteiger partial charge is 1.00 e. The van der Waals surface area contributed by atoms with Crippen LogP contribution in [0.2, 0.25) is 0 Å². The summed E-state index contributed by atoms with van der Waals surface area (Å²) in [5.74, 6) is 0.184. The molecule has 0 saturated heterocycles. The summed E-state index contributed by atoms with van der Waals surface area (Å²) >= 11 is 0. The number of rotatable bonds is 2. The summed E-state index contributed by atoms with van der Waals surface area (Å²) in [5, 5.41) is 0. The molecule has 0 atom stereocenters. The minimum Gasteiger partial charge on any atom is -1.00 e. The van der Waals surface area contributed by atoms with Gasteiger partial charge in [0.2, 0.25) is 0 Å². The fourth-order valence-electron chi connectivity index (χ4n) is 1.15. The van der Waals surface area contributed by atoms with Gasteiger partial charge < -0.3 is 12.4 Å². The third-order valence-electron chi connectivity index (χ3n) is 2.27. The SMILES string of the molecule is CC(=O)[N+](C)(C)Cc1ccccc1.[Cl-]. The van der Waals surface area contributed by atoms with Crippen LogP contribution in [-0.2, 0) is 11.3 Å². The molecule has 0 aliphatic rings. The van der Waals surface area contributed by atoms with Gasteiger partial charge in [0.25, 0.3) is 0 Å². The molecule has 0 unspecified atom stereocenters. The molecule has 0 aromatic heterocycles. The van der Waals surface area contributed by atoms with E-state index in [9.17, 15) is 4.79 Å². The molecule has 1 aromatic rings. The summed E-state index contributed by atoms with van der Waals surface area (Å²) in [5.41, 5.74) is 1.20. The molecule has 0 aliphatic heterocycles. The van der Waals surface area contributed by atoms with Crippen LogP contribution in [0.15, 0.2) is 30.3 Å². The summed E-state index contributed by atoms with van der Waals surface area (Å²) in [6, 6.07) is 10.1. The maximum absolute atomic E-state index is 11.2. The van der Waals surface area contributed by atoms with Crippen molar-refractivity contribution in [2.75, 3.05) is 14.1 Å². The van der Waals surface area contributed by atoms with Crippen LogP contribution >= 0.6 is 0 Å². The van der Waals surface area contributed by atoms with E-state index in [-0.39, 0.29) is 18.3 Å². The van der Waals surface area contributed by atoms with Crippen molar-refractivity contribution in [3.8, 4) is 0 Å². The van der Waals surface area contributed by atoms with Crippen LogP contribution in [0.25, 0.3) is 0 Å². The third kappa shape index (κ3) is 3.48. The van der Waals surface area contributed by atoms with Crippen LogP contribution in [0, 0.1) is 0 Å². The van der Waals surface area contributed by atoms with Gasteiger partial charge >= 0.3 is 5.91 Å². The Bertz CT molecular complexity index is 295. The first-order chi connectivity index (χ1) is 6.02. The van der Waals surface area contributed by atoms with Crippen molar-refractivity contribution in [2.45, 2.75) is 13.5 Å². The topological polar surface area (TPSA) is 17.1 Å². The zero-order valence-electron chi connectivity index (χ0n) is 8.83. The lowest BCUT2D eigenvalue weighted by Crippen LogP contribution is -3.00. The first-order valence-corrected chi connectivity index (χ1v) is 4.40. The Morgan fingerprint density at radius 2 is 1.71 bits per heavy atom. The minimum absolute atomic E-state index is 0. The number of benzene rings is 1. The van der Waals surface area contributed by atoms with Crippen molar-refractivity contribution in [3.63, 3.8) is 0 Å². The first-order valence-electron chi connectivity index (χ1n) is 4.40. The summed E-state index contributed by atoms with van der Waals surface area (Å²) in [6.07, 6.45) is 0. The molecule has 0 radical (unpaired) electrons. The number of hydrogen-bond donors (Lipinski definition) is 0. The van der Waals surface area contributed by atoms with Gasteiger partial charge in [0.05, 0.1) is 21.0 Å². The van der Waals surface area contributed by atoms with Crippen LogP contribution in [-0.4, -0.2) is 24.5 Å². The maximum Gasteiger partial charge on any atom is 0.310 e. The van der Waals surface area contributed by atoms with E-state index in [0.717, 1.165) is 6.54 Å². The highest BCUT2D eigenvalue weighted by molar-refractivity contribution is 5.65. The third-order valence-corrected chi connectivity index (χ3v) is 2.27. The number of carbonyl (C=O) groups is 1. The molecule has 1 aromatic carbocycles. The smallest absolute Gasteiger partial charge is 0.310 e. The van der Waals surface area contributed by atoms with E-state index in [1.165, 1.54) is 5.56 Å². The van der Waals surface area contributed by atoms with Crippen molar-refractivity contribution in [3.05, 3.63) is 35.9 Å². The van der Waals surface area contributed by atoms with Crippen LogP contribution in [0.3, 0.4) is 0 Å². The summed E-state index contributed by atoms with van der Waals surface area (Å²) in [7, 11) is 3.85. The van der Waals surface area contributed by atoms with Gasteiger partial charge in [-0.3, -0.25) is 4.48 Å². The Labute approximate surface area is 91.5 Å². The van der Waals surface area contributed by atoms with Crippen molar-refractivity contribution in [1.29, 1.82) is 0 Å². The molecule has 0 saturated carbocycles. The monoisotopic (exact) mass is 213 g/mol. The van der Waals surface area contributed by atoms with Crippen molar-refractivity contribution in [2.24, 2.45) is 0 Å². The second kappa shape index (κ2) is 5.13. The Morgan fingerprint density at radius 3 is 2.14 bits per heavy atom. The Kier molecular flexibility index (Phi) is 4.81. The van der Waals surface area contributed by atoms with Gasteiger partial charge in [0, 0.05) is 5.56 Å². The highest BCUT2D eigenvalue weighted by atomic mass is 35.5. The molecule has 1 rings (SSSR count). The normalized spacial score (nSPS) is 10.5. The second-order valence-corrected chi connectivity index (χ2v) is 3.85. The van der Waals surface area contributed by atoms with Gasteiger partial charge in [-0.2, -0.15) is 0 Å². The van der Waals surface area contributed by atoms with Crippen molar-refractivity contribution < 1.29 is 21.7 Å². The van der Waals surface area contributed by atoms with Gasteiger partial charge in [0.1, 0.15) is 6.54 Å². The van der Waals surface area contributed by atoms with Crippen molar-refractivity contribution >= 4 is 5.91 Å². The van der Waals surface area contributed by atoms with E-state index >= 15 is 0 Å². The fourth-order valence-corrected chi connectivity index (χ4v) is 1.15. The van der Waals surface area contributed by atoms with Crippen LogP contribution in [0.1, 0.15) is 12.5 Å². The molecule has 1 amide bonds. The predicted molar refractivity (Wildman–Crippen MR) is 52.9 cm³/mol. The summed E-state index contributed by atoms with van der Waals surface area (Å²) in [4.78, 5) is 11.2. The number of quaternary nitrogens is 1. The van der Waals surface area contributed by atoms with E-state index in [2.05, 4.69) is 0 Å². The van der Waals surface area contributed by atoms with Crippen LogP contribution < -0.4 is 12.4 Å². The highest BCUT2D eigenvalue weighted by Crippen LogP contribution is 2.08. The number of carbonyl (C=O) groups excluding carboxylic acids is 1. The number of halogens is 1. The Morgan fingerprint density at radius 1 is 1.21 bits per heavy atom. The molecule has 0 spiro atoms. The van der Waals surface area contributed by atoms with Gasteiger partial charge in [0.15, 0.2) is 0 Å². The Balaban J connectivity index is 0.00000169. The molecule has 0 fully saturated rings. The molecule has 0 heterocycles. The molecule has 78 valence electrons. The predicted octanol–water partition coefficient (Wildman–Crippen LogP) is -1.19. The molecular weight excluding hydrogens is 198 g/mol. The van der Waals surface area contributed by atoms with Crippen LogP contribution in [0.5, 0.6) is 0 Å². The van der Waals surface area contributed by atoms with Crippen molar-refractivity contribution in [1.82, 2.24) is 0 Å². The lowest BCUT2D eigenvalue weighted by atomic mass is 10.2. The van der Waals surface area contributed by atoms with E-state index in [4.69, 9.17) is 0 Å². The lowest BCUT2D eigenvalue weighted by Gasteiger charge is -2.25. The summed E-state index contributed by atoms with van der Waals surface area (Å²) in [6.45, 7) is 2.39. The minimum atomic E-state index is 0. The zero-order chi connectivity index (χ0) is 9.90. The summed E-state index contributed by atoms with van der Waals surface area (Å²) < 4.78 is 0.407. The van der Waals surface area contributed by atoms with Gasteiger partial charge in [-0.05, 0) is 0 Å². The van der Waals surface area contributed by atoms with Gasteiger partial charge in [-0.15, -0.1) is 0 Å². The second-order valence-electron chi connectivity index (χ2n) is 3.85. The van der Waals surface area contributed by atoms with E-state index < -0.39 is 0 Å². The molecule has 3 heteroatoms. The molecule has 0 N–H and O–H groups in total. The van der Waals surface area contributed by atoms with Crippen LogP contribution in [0.4, 0.5) is 0 Å². The average Bonchev–Trinajstić information content (AvgIpc) is 2.05. The molecule has 0 aliphatic carbocycles. The standard InChI is InChI=1S/C11H16NO.ClH/c1-10(13)12(2,3)9-11-7-5-4-6-8-11;/h4-8H,9H2,1-3H3;1H/q+1;/p-1. The number of nitrogens with zero attached hydrogens (tertiary/aromatic N) is 1. The zero-order valence-corrected chi connectivity index (χ0v) is 9.58. The molecule has 2 nitrogen and oxygen atoms in total. The molecule has 0 bridgehead atoms. The van der Waals surface area contributed by atoms with E-state index in [0.29, 0.717) is 4.48 Å². The molecule has 14 heavy (non-hydrogen) atoms. The number of hydrogen-bond acceptors (Lipinski definition) is 1. The quantitative estimate of drug-likeness (QED) is 0.565. The Hall–Kier alpha value is -0.860. The van der Waals surface area contributed by atoms with E-state index in [1.54, 1.807) is 6.92 Å². The first kappa shape index (κ1) is 13.1. The molecular formula is C11H16ClNO. The van der Waals surface area contributed by atoms with Gasteiger partial charge in [-0.25, -0.2) is 4.79 Å². The number of amides is 1. The van der Waals surface area contributed by atoms with Gasteiger partial charge in [-0.1, -0.05) is 30.3 Å². The highest BCUT2D eigenvalue weighted by Gasteiger charge is 2.21.